The summed E-state index contributed by atoms with van der Waals surface area (Å²) in [5, 5.41) is 0. The molecule has 10 aliphatic rings. The van der Waals surface area contributed by atoms with Crippen molar-refractivity contribution in [3.63, 3.8) is 0 Å². The fourth-order valence-corrected chi connectivity index (χ4v) is 20.2. The molecule has 0 saturated heterocycles. The second-order valence-electron chi connectivity index (χ2n) is 47.4. The first-order chi connectivity index (χ1) is 62.2. The first-order valence-corrected chi connectivity index (χ1v) is 56.8. The topological polar surface area (TPSA) is 184 Å². The molecule has 14 heteroatoms. The predicted octanol–water partition coefficient (Wildman–Crippen LogP) is 45.7. The molecule has 6 atom stereocenters. The Morgan fingerprint density at radius 3 is 0.689 bits per heavy atom. The van der Waals surface area contributed by atoms with Crippen LogP contribution in [0.3, 0.4) is 0 Å². The minimum absolute atomic E-state index is 0. The van der Waals surface area contributed by atoms with Crippen molar-refractivity contribution < 1.29 is 66.7 Å². The Morgan fingerprint density at radius 2 is 0.459 bits per heavy atom. The van der Waals surface area contributed by atoms with Crippen LogP contribution >= 0.6 is 0 Å². The molecule has 10 fully saturated rings. The lowest BCUT2D eigenvalue weighted by Crippen LogP contribution is -2.49. The molecule has 6 unspecified atom stereocenters. The molecule has 0 heterocycles. The highest BCUT2D eigenvalue weighted by Crippen LogP contribution is 2.71. The molecule has 0 aromatic rings. The van der Waals surface area contributed by atoms with Crippen LogP contribution in [0.1, 0.15) is 705 Å². The zero-order valence-electron chi connectivity index (χ0n) is 98.7. The van der Waals surface area contributed by atoms with E-state index in [1.807, 2.05) is 228 Å². The van der Waals surface area contributed by atoms with Gasteiger partial charge in [0, 0.05) is 5.41 Å². The summed E-state index contributed by atoms with van der Waals surface area (Å²) in [4.78, 5) is 85.4. The highest BCUT2D eigenvalue weighted by Gasteiger charge is 2.69. The van der Waals surface area contributed by atoms with Crippen LogP contribution in [0, 0.1) is 90.2 Å². The third-order valence-corrected chi connectivity index (χ3v) is 34.3. The van der Waals surface area contributed by atoms with Crippen LogP contribution < -0.4 is 0 Å². The Morgan fingerprint density at radius 1 is 0.236 bits per heavy atom. The number of rotatable bonds is 25. The summed E-state index contributed by atoms with van der Waals surface area (Å²) in [7, 11) is 0. The SMILES string of the molecule is C.C.C.C.C.C.C.C.C.C.C.C.C.C.CC.CC.CC.CC.CC.CC.CC.CCC(C)(C)C(=O)OC(C)(C)C1CCCC1.CCC(C)(C)C(=O)OC(C)(C)C1CCCCC1.CCC(C)(C)C(=O)OC(C)(C1CCCCC1)C1CCCCC1.CCC(C)(C)C(=O)OC1(C)CC2CCC1(C)C2(C)C.CCC(C)(C)C(=O)OC1(C)CC2CCC1C2.CCC(C)(C)C(=O)OC1(C)CCCC1.CCC(C)(C)C(=O)OC1(C)CCCCCC1. The van der Waals surface area contributed by atoms with Gasteiger partial charge in [0.05, 0.1) is 37.9 Å². The van der Waals surface area contributed by atoms with Gasteiger partial charge >= 0.3 is 41.8 Å². The van der Waals surface area contributed by atoms with E-state index in [-0.39, 0.29) is 234 Å². The Balaban J connectivity index is -0.0000000805. The fourth-order valence-electron chi connectivity index (χ4n) is 20.2. The van der Waals surface area contributed by atoms with E-state index in [9.17, 15) is 33.6 Å². The lowest BCUT2D eigenvalue weighted by Gasteiger charge is -2.47. The van der Waals surface area contributed by atoms with Gasteiger partial charge < -0.3 is 33.2 Å². The van der Waals surface area contributed by atoms with Crippen LogP contribution in [-0.4, -0.2) is 81.0 Å². The summed E-state index contributed by atoms with van der Waals surface area (Å²) in [5.41, 5.74) is -3.70. The highest BCUT2D eigenvalue weighted by molar-refractivity contribution is 5.79. The molecule has 0 N–H and O–H groups in total. The highest BCUT2D eigenvalue weighted by atomic mass is 16.6. The maximum Gasteiger partial charge on any atom is 0.312 e. The molecule has 4 bridgehead atoms. The summed E-state index contributed by atoms with van der Waals surface area (Å²) < 4.78 is 41.2. The molecular weight excluding hydrogens is 1830 g/mol. The van der Waals surface area contributed by atoms with Crippen LogP contribution in [0.2, 0.25) is 0 Å². The number of carbonyl (C=O) groups is 7. The average molecular weight is 2130 g/mol. The maximum absolute atomic E-state index is 12.8. The Kier molecular flexibility index (Phi) is 107. The molecule has 148 heavy (non-hydrogen) atoms. The molecule has 910 valence electrons. The summed E-state index contributed by atoms with van der Waals surface area (Å²) >= 11 is 0. The van der Waals surface area contributed by atoms with Crippen molar-refractivity contribution in [3.8, 4) is 0 Å². The van der Waals surface area contributed by atoms with Crippen molar-refractivity contribution in [2.75, 3.05) is 0 Å². The molecule has 0 aliphatic heterocycles. The van der Waals surface area contributed by atoms with Gasteiger partial charge in [0.15, 0.2) is 0 Å². The van der Waals surface area contributed by atoms with Crippen LogP contribution in [0.15, 0.2) is 0 Å². The van der Waals surface area contributed by atoms with E-state index < -0.39 is 0 Å². The van der Waals surface area contributed by atoms with Crippen molar-refractivity contribution in [1.29, 1.82) is 0 Å². The van der Waals surface area contributed by atoms with Gasteiger partial charge in [0.1, 0.15) is 39.2 Å². The molecule has 10 aliphatic carbocycles. The van der Waals surface area contributed by atoms with E-state index in [1.54, 1.807) is 0 Å². The zero-order valence-corrected chi connectivity index (χ0v) is 98.7. The number of hydrogen-bond acceptors (Lipinski definition) is 14. The molecule has 0 radical (unpaired) electrons. The predicted molar refractivity (Wildman–Crippen MR) is 668 cm³/mol. The average Bonchev–Trinajstić information content (AvgIpc) is 1.53. The molecule has 0 aromatic carbocycles. The fraction of sp³-hybridized carbons (Fsp3) is 0.948. The van der Waals surface area contributed by atoms with Gasteiger partial charge in [-0.3, -0.25) is 33.6 Å². The van der Waals surface area contributed by atoms with E-state index in [0.717, 1.165) is 89.4 Å². The molecule has 0 spiro atoms. The maximum atomic E-state index is 12.8. The van der Waals surface area contributed by atoms with Crippen LogP contribution in [0.5, 0.6) is 0 Å². The van der Waals surface area contributed by atoms with Crippen molar-refractivity contribution >= 4 is 41.8 Å². The number of carbonyl (C=O) groups excluding carboxylic acids is 7. The standard InChI is InChI=1S/C20H36O2.C17H30O2.C15H28O2.C14H24O2.2C14H26O2.C12H22O2.7C2H6.14CH4/c1-5-19(2,3)18(21)22-20(4,16-12-8-6-9-13-16)17-14-10-7-11-15-17;1-8-14(2,3)13(18)19-17(7)11-12-9-10-16(17,6)15(12,4)5;1-6-14(2,3)13(16)17-15(4,5)12-10-8-7-9-11-12;1-5-13(2,3)12(15)16-14(4)9-10-6-7-11(14)8-10;1-6-13(2,3)12(15)16-14(4,5)11-9-7-8-10-11;1-5-13(2,3)12(15)16-14(4)10-8-6-7-9-11-14;1-5-11(2,3)10(13)14-12(4)8-6-7-9-12;7*1-2;;;;;;;;;;;;;;/h16-17H,5-15H2,1-4H3;12H,8-11H2,1-7H3;12H,6-11H2,1-5H3;10-11H,5-9H2,1-4H3;11H,6-10H2,1-5H3;5-11H2,1-4H3;5-9H2,1-4H3;7*1-2H3;14*1H4. The first kappa shape index (κ1) is 186. The Hall–Kier alpha value is -3.71. The van der Waals surface area contributed by atoms with Crippen molar-refractivity contribution in [1.82, 2.24) is 0 Å². The second-order valence-corrected chi connectivity index (χ2v) is 47.4. The van der Waals surface area contributed by atoms with Gasteiger partial charge in [0.2, 0.25) is 0 Å². The smallest absolute Gasteiger partial charge is 0.312 e. The zero-order chi connectivity index (χ0) is 105. The number of ether oxygens (including phenoxy) is 7. The van der Waals surface area contributed by atoms with Crippen LogP contribution in [0.25, 0.3) is 0 Å². The summed E-state index contributed by atoms with van der Waals surface area (Å²) in [6, 6.07) is 0. The van der Waals surface area contributed by atoms with Gasteiger partial charge in [-0.05, 0) is 399 Å². The minimum atomic E-state index is -0.370. The normalized spacial score (nSPS) is 21.4. The first-order valence-electron chi connectivity index (χ1n) is 56.8. The van der Waals surface area contributed by atoms with Crippen LogP contribution in [-0.2, 0) is 66.7 Å². The molecule has 0 aromatic heterocycles. The summed E-state index contributed by atoms with van der Waals surface area (Å²) in [5.74, 6) is 4.17. The Bertz CT molecular complexity index is 3130. The van der Waals surface area contributed by atoms with Crippen molar-refractivity contribution in [3.05, 3.63) is 0 Å². The van der Waals surface area contributed by atoms with Gasteiger partial charge in [-0.2, -0.15) is 0 Å². The minimum Gasteiger partial charge on any atom is -0.459 e. The van der Waals surface area contributed by atoms with Crippen molar-refractivity contribution in [2.24, 2.45) is 90.2 Å². The summed E-state index contributed by atoms with van der Waals surface area (Å²) in [6.07, 6.45) is 49.9. The largest absolute Gasteiger partial charge is 0.459 e. The quantitative estimate of drug-likeness (QED) is 0.0478. The van der Waals surface area contributed by atoms with E-state index in [1.165, 1.54) is 193 Å². The molecule has 10 saturated carbocycles. The Labute approximate surface area is 937 Å². The van der Waals surface area contributed by atoms with E-state index in [4.69, 9.17) is 33.2 Å². The number of hydrogen-bond donors (Lipinski definition) is 0. The second kappa shape index (κ2) is 85.4. The van der Waals surface area contributed by atoms with E-state index in [0.29, 0.717) is 35.5 Å². The molecule has 14 nitrogen and oxygen atoms in total. The lowest BCUT2D eigenvalue weighted by molar-refractivity contribution is -0.187. The van der Waals surface area contributed by atoms with Gasteiger partial charge in [-0.25, -0.2) is 0 Å². The number of esters is 7. The lowest BCUT2D eigenvalue weighted by atomic mass is 9.65. The van der Waals surface area contributed by atoms with E-state index >= 15 is 0 Å². The van der Waals surface area contributed by atoms with Crippen LogP contribution in [0.4, 0.5) is 0 Å². The van der Waals surface area contributed by atoms with Crippen molar-refractivity contribution in [2.45, 2.75) is 745 Å². The van der Waals surface area contributed by atoms with Gasteiger partial charge in [-0.1, -0.05) is 354 Å². The monoisotopic (exact) mass is 2120 g/mol. The molecule has 10 rings (SSSR count). The summed E-state index contributed by atoms with van der Waals surface area (Å²) in [6.45, 7) is 96.0. The third kappa shape index (κ3) is 56.5. The molecular formula is C134H290O14. The number of fused-ring (bicyclic) bond motifs is 4. The van der Waals surface area contributed by atoms with Gasteiger partial charge in [0.25, 0.3) is 0 Å². The third-order valence-electron chi connectivity index (χ3n) is 34.3. The van der Waals surface area contributed by atoms with Gasteiger partial charge in [-0.15, -0.1) is 0 Å². The molecule has 0 amide bonds. The van der Waals surface area contributed by atoms with E-state index in [2.05, 4.69) is 96.9 Å².